The summed E-state index contributed by atoms with van der Waals surface area (Å²) in [6.45, 7) is 0.325. The molecule has 1 fully saturated rings. The molecule has 2 unspecified atom stereocenters. The van der Waals surface area contributed by atoms with Gasteiger partial charge in [0.1, 0.15) is 5.82 Å². The quantitative estimate of drug-likeness (QED) is 0.765. The number of hydrogen-bond donors (Lipinski definition) is 3. The van der Waals surface area contributed by atoms with Gasteiger partial charge in [0.15, 0.2) is 0 Å². The maximum atomic E-state index is 13.3. The van der Waals surface area contributed by atoms with Crippen LogP contribution in [0.1, 0.15) is 46.7 Å². The van der Waals surface area contributed by atoms with Gasteiger partial charge in [0.25, 0.3) is 0 Å². The number of hydrogen-bond acceptors (Lipinski definition) is 2. The van der Waals surface area contributed by atoms with Crippen LogP contribution in [0.25, 0.3) is 0 Å². The highest BCUT2D eigenvalue weighted by molar-refractivity contribution is 5.87. The number of nitrogens with one attached hydrogen (secondary N) is 2. The number of carboxylic acids is 1. The minimum atomic E-state index is -0.976. The lowest BCUT2D eigenvalue weighted by molar-refractivity contribution is 0.0697. The van der Waals surface area contributed by atoms with Crippen LogP contribution in [0.5, 0.6) is 0 Å². The molecule has 5 nitrogen and oxygen atoms in total. The van der Waals surface area contributed by atoms with Crippen molar-refractivity contribution in [1.82, 2.24) is 10.6 Å². The summed E-state index contributed by atoms with van der Waals surface area (Å²) >= 11 is 0. The van der Waals surface area contributed by atoms with Gasteiger partial charge in [-0.3, -0.25) is 0 Å². The van der Waals surface area contributed by atoms with Crippen LogP contribution >= 0.6 is 0 Å². The predicted octanol–water partition coefficient (Wildman–Crippen LogP) is 3.66. The fourth-order valence-electron chi connectivity index (χ4n) is 3.36. The van der Waals surface area contributed by atoms with Crippen LogP contribution < -0.4 is 10.6 Å². The Kier molecular flexibility index (Phi) is 5.51. The number of carbonyl (C=O) groups excluding carboxylic acids is 1. The summed E-state index contributed by atoms with van der Waals surface area (Å²) in [5.41, 5.74) is 2.02. The van der Waals surface area contributed by atoms with Gasteiger partial charge in [-0.25, -0.2) is 14.0 Å². The molecule has 0 aliphatic heterocycles. The summed E-state index contributed by atoms with van der Waals surface area (Å²) in [5.74, 6) is -0.943. The Morgan fingerprint density at radius 2 is 1.88 bits per heavy atom. The molecule has 26 heavy (non-hydrogen) atoms. The van der Waals surface area contributed by atoms with E-state index in [1.165, 1.54) is 18.2 Å². The number of amides is 2. The highest BCUT2D eigenvalue weighted by Gasteiger charge is 2.27. The minimum absolute atomic E-state index is 0.0673. The van der Waals surface area contributed by atoms with Gasteiger partial charge in [-0.15, -0.1) is 0 Å². The second-order valence-electron chi connectivity index (χ2n) is 6.59. The van der Waals surface area contributed by atoms with Gasteiger partial charge in [0.2, 0.25) is 0 Å². The number of carbonyl (C=O) groups is 2. The number of urea groups is 1. The summed E-state index contributed by atoms with van der Waals surface area (Å²) < 4.78 is 13.3. The molecule has 0 heterocycles. The number of carboxylic acid groups (broad SMARTS) is 1. The van der Waals surface area contributed by atoms with Crippen molar-refractivity contribution in [3.05, 3.63) is 71.0 Å². The lowest BCUT2D eigenvalue weighted by Gasteiger charge is -2.15. The van der Waals surface area contributed by atoms with E-state index < -0.39 is 5.97 Å². The molecular weight excluding hydrogens is 335 g/mol. The number of benzene rings is 2. The van der Waals surface area contributed by atoms with Crippen LogP contribution in [0.4, 0.5) is 9.18 Å². The van der Waals surface area contributed by atoms with Crippen molar-refractivity contribution in [1.29, 1.82) is 0 Å². The fourth-order valence-corrected chi connectivity index (χ4v) is 3.36. The lowest BCUT2D eigenvalue weighted by Crippen LogP contribution is -2.40. The Bertz CT molecular complexity index is 792. The first-order valence-electron chi connectivity index (χ1n) is 8.63. The summed E-state index contributed by atoms with van der Waals surface area (Å²) in [4.78, 5) is 22.9. The van der Waals surface area contributed by atoms with Crippen LogP contribution in [0, 0.1) is 5.82 Å². The van der Waals surface area contributed by atoms with Crippen molar-refractivity contribution in [3.63, 3.8) is 0 Å². The molecule has 1 aliphatic carbocycles. The van der Waals surface area contributed by atoms with Gasteiger partial charge < -0.3 is 15.7 Å². The fraction of sp³-hybridized carbons (Fsp3) is 0.300. The molecule has 0 spiro atoms. The molecule has 0 radical (unpaired) electrons. The number of aromatic carboxylic acids is 1. The Morgan fingerprint density at radius 3 is 2.58 bits per heavy atom. The molecular formula is C20H21FN2O3. The normalized spacial score (nSPS) is 19.1. The molecule has 0 saturated heterocycles. The van der Waals surface area contributed by atoms with E-state index in [2.05, 4.69) is 10.6 Å². The standard InChI is InChI=1S/C20H21FN2O3/c21-17-3-1-2-15(10-17)16-8-9-18(11-16)23-20(26)22-12-13-4-6-14(7-5-13)19(24)25/h1-7,10,16,18H,8-9,11-12H2,(H,24,25)(H2,22,23,26). The van der Waals surface area contributed by atoms with Gasteiger partial charge in [-0.1, -0.05) is 24.3 Å². The van der Waals surface area contributed by atoms with E-state index in [1.807, 2.05) is 6.07 Å². The largest absolute Gasteiger partial charge is 0.478 e. The summed E-state index contributed by atoms with van der Waals surface area (Å²) in [7, 11) is 0. The zero-order chi connectivity index (χ0) is 18.5. The maximum Gasteiger partial charge on any atom is 0.335 e. The first kappa shape index (κ1) is 17.9. The zero-order valence-corrected chi connectivity index (χ0v) is 14.2. The Morgan fingerprint density at radius 1 is 1.12 bits per heavy atom. The van der Waals surface area contributed by atoms with E-state index in [0.717, 1.165) is 30.4 Å². The molecule has 136 valence electrons. The highest BCUT2D eigenvalue weighted by atomic mass is 19.1. The first-order chi connectivity index (χ1) is 12.5. The lowest BCUT2D eigenvalue weighted by atomic mass is 9.97. The molecule has 1 saturated carbocycles. The van der Waals surface area contributed by atoms with Gasteiger partial charge in [-0.2, -0.15) is 0 Å². The molecule has 6 heteroatoms. The average Bonchev–Trinajstić information content (AvgIpc) is 3.09. The molecule has 2 amide bonds. The van der Waals surface area contributed by atoms with E-state index in [-0.39, 0.29) is 29.4 Å². The van der Waals surface area contributed by atoms with E-state index in [9.17, 15) is 14.0 Å². The molecule has 3 rings (SSSR count). The molecule has 3 N–H and O–H groups in total. The Labute approximate surface area is 151 Å². The maximum absolute atomic E-state index is 13.3. The van der Waals surface area contributed by atoms with Crippen LogP contribution in [0.3, 0.4) is 0 Å². The minimum Gasteiger partial charge on any atom is -0.478 e. The third-order valence-corrected chi connectivity index (χ3v) is 4.74. The Balaban J connectivity index is 1.46. The SMILES string of the molecule is O=C(NCc1ccc(C(=O)O)cc1)NC1CCC(c2cccc(F)c2)C1. The van der Waals surface area contributed by atoms with Crippen molar-refractivity contribution in [2.75, 3.05) is 0 Å². The van der Waals surface area contributed by atoms with Gasteiger partial charge in [-0.05, 0) is 60.6 Å². The average molecular weight is 356 g/mol. The monoisotopic (exact) mass is 356 g/mol. The van der Waals surface area contributed by atoms with Crippen LogP contribution in [-0.4, -0.2) is 23.1 Å². The molecule has 2 atom stereocenters. The zero-order valence-electron chi connectivity index (χ0n) is 14.2. The van der Waals surface area contributed by atoms with E-state index in [4.69, 9.17) is 5.11 Å². The topological polar surface area (TPSA) is 78.4 Å². The van der Waals surface area contributed by atoms with Crippen molar-refractivity contribution in [3.8, 4) is 0 Å². The third kappa shape index (κ3) is 4.59. The molecule has 2 aromatic carbocycles. The van der Waals surface area contributed by atoms with Gasteiger partial charge in [0.05, 0.1) is 5.56 Å². The number of rotatable bonds is 5. The summed E-state index contributed by atoms with van der Waals surface area (Å²) in [5, 5.41) is 14.6. The summed E-state index contributed by atoms with van der Waals surface area (Å²) in [6.07, 6.45) is 2.58. The first-order valence-corrected chi connectivity index (χ1v) is 8.63. The van der Waals surface area contributed by atoms with Crippen LogP contribution in [-0.2, 0) is 6.54 Å². The highest BCUT2D eigenvalue weighted by Crippen LogP contribution is 2.34. The van der Waals surface area contributed by atoms with Crippen LogP contribution in [0.2, 0.25) is 0 Å². The molecule has 0 bridgehead atoms. The molecule has 0 aromatic heterocycles. The smallest absolute Gasteiger partial charge is 0.335 e. The van der Waals surface area contributed by atoms with Crippen molar-refractivity contribution >= 4 is 12.0 Å². The molecule has 2 aromatic rings. The Hall–Kier alpha value is -2.89. The van der Waals surface area contributed by atoms with Crippen molar-refractivity contribution in [2.45, 2.75) is 37.8 Å². The van der Waals surface area contributed by atoms with Crippen molar-refractivity contribution < 1.29 is 19.1 Å². The summed E-state index contributed by atoms with van der Waals surface area (Å²) in [6, 6.07) is 12.8. The van der Waals surface area contributed by atoms with E-state index in [0.29, 0.717) is 6.54 Å². The van der Waals surface area contributed by atoms with Gasteiger partial charge >= 0.3 is 12.0 Å². The second kappa shape index (κ2) is 7.99. The van der Waals surface area contributed by atoms with E-state index >= 15 is 0 Å². The predicted molar refractivity (Wildman–Crippen MR) is 95.6 cm³/mol. The second-order valence-corrected chi connectivity index (χ2v) is 6.59. The van der Waals surface area contributed by atoms with E-state index in [1.54, 1.807) is 24.3 Å². The van der Waals surface area contributed by atoms with Gasteiger partial charge in [0, 0.05) is 12.6 Å². The third-order valence-electron chi connectivity index (χ3n) is 4.74. The van der Waals surface area contributed by atoms with Crippen molar-refractivity contribution in [2.24, 2.45) is 0 Å². The van der Waals surface area contributed by atoms with Crippen LogP contribution in [0.15, 0.2) is 48.5 Å². The number of halogens is 1. The molecule has 1 aliphatic rings.